The molecule has 1 aromatic carbocycles. The van der Waals surface area contributed by atoms with Crippen LogP contribution in [0.3, 0.4) is 0 Å². The van der Waals surface area contributed by atoms with Gasteiger partial charge in [0.05, 0.1) is 0 Å². The molecule has 2 amide bonds. The Balaban J connectivity index is 1.82. The second kappa shape index (κ2) is 5.69. The summed E-state index contributed by atoms with van der Waals surface area (Å²) in [5, 5.41) is 13.9. The third kappa shape index (κ3) is 3.94. The molecule has 1 aromatic rings. The fourth-order valence-corrected chi connectivity index (χ4v) is 1.83. The van der Waals surface area contributed by atoms with Crippen LogP contribution < -0.4 is 10.6 Å². The maximum atomic E-state index is 12.9. The van der Waals surface area contributed by atoms with Crippen molar-refractivity contribution >= 4 is 12.0 Å². The lowest BCUT2D eigenvalue weighted by molar-refractivity contribution is -0.139. The maximum absolute atomic E-state index is 12.9. The number of halogens is 1. The van der Waals surface area contributed by atoms with E-state index in [1.54, 1.807) is 12.1 Å². The summed E-state index contributed by atoms with van der Waals surface area (Å²) in [5.41, 5.74) is 0.619. The van der Waals surface area contributed by atoms with Crippen LogP contribution in [-0.2, 0) is 11.3 Å². The van der Waals surface area contributed by atoms with Crippen LogP contribution in [0.25, 0.3) is 0 Å². The number of rotatable bonds is 5. The van der Waals surface area contributed by atoms with Gasteiger partial charge in [0, 0.05) is 6.54 Å². The van der Waals surface area contributed by atoms with Gasteiger partial charge in [-0.2, -0.15) is 0 Å². The zero-order valence-electron chi connectivity index (χ0n) is 10.2. The van der Waals surface area contributed by atoms with Gasteiger partial charge >= 0.3 is 12.0 Å². The van der Waals surface area contributed by atoms with Crippen LogP contribution in [0.2, 0.25) is 0 Å². The van der Waals surface area contributed by atoms with Gasteiger partial charge in [-0.25, -0.2) is 14.0 Å². The number of carboxylic acid groups (broad SMARTS) is 1. The first-order valence-electron chi connectivity index (χ1n) is 6.08. The molecule has 1 fully saturated rings. The lowest BCUT2D eigenvalue weighted by atomic mass is 10.2. The molecule has 3 N–H and O–H groups in total. The molecule has 0 aromatic heterocycles. The van der Waals surface area contributed by atoms with Crippen LogP contribution in [0.1, 0.15) is 18.4 Å². The molecule has 102 valence electrons. The Morgan fingerprint density at radius 3 is 2.74 bits per heavy atom. The minimum atomic E-state index is -1.02. The van der Waals surface area contributed by atoms with Crippen molar-refractivity contribution in [3.63, 3.8) is 0 Å². The van der Waals surface area contributed by atoms with Gasteiger partial charge in [0.15, 0.2) is 0 Å². The molecule has 0 bridgehead atoms. The number of carboxylic acids is 1. The summed E-state index contributed by atoms with van der Waals surface area (Å²) in [5.74, 6) is -1.37. The van der Waals surface area contributed by atoms with Gasteiger partial charge < -0.3 is 15.7 Å². The van der Waals surface area contributed by atoms with Gasteiger partial charge in [-0.1, -0.05) is 12.1 Å². The average molecular weight is 266 g/mol. The van der Waals surface area contributed by atoms with E-state index in [4.69, 9.17) is 5.11 Å². The Kier molecular flexibility index (Phi) is 3.99. The fourth-order valence-electron chi connectivity index (χ4n) is 1.83. The highest BCUT2D eigenvalue weighted by molar-refractivity contribution is 5.83. The molecule has 1 aliphatic carbocycles. The standard InChI is InChI=1S/C13H15FN2O3/c14-10-3-1-2-8(6-10)7-15-13(19)16-11(12(17)18)9-4-5-9/h1-3,6,9,11H,4-5,7H2,(H,17,18)(H2,15,16,19). The predicted octanol–water partition coefficient (Wildman–Crippen LogP) is 1.49. The van der Waals surface area contributed by atoms with Crippen molar-refractivity contribution in [1.29, 1.82) is 0 Å². The van der Waals surface area contributed by atoms with Crippen molar-refractivity contribution in [1.82, 2.24) is 10.6 Å². The molecular weight excluding hydrogens is 251 g/mol. The van der Waals surface area contributed by atoms with Gasteiger partial charge in [-0.3, -0.25) is 0 Å². The lowest BCUT2D eigenvalue weighted by Gasteiger charge is -2.14. The number of amides is 2. The Labute approximate surface area is 109 Å². The predicted molar refractivity (Wildman–Crippen MR) is 65.9 cm³/mol. The summed E-state index contributed by atoms with van der Waals surface area (Å²) in [6.07, 6.45) is 1.64. The van der Waals surface area contributed by atoms with Crippen LogP contribution in [0, 0.1) is 11.7 Å². The number of carbonyl (C=O) groups is 2. The molecule has 1 aliphatic rings. The highest BCUT2D eigenvalue weighted by Gasteiger charge is 2.37. The van der Waals surface area contributed by atoms with E-state index >= 15 is 0 Å². The number of aliphatic carboxylic acids is 1. The number of nitrogens with one attached hydrogen (secondary N) is 2. The zero-order valence-corrected chi connectivity index (χ0v) is 10.2. The summed E-state index contributed by atoms with van der Waals surface area (Å²) in [7, 11) is 0. The van der Waals surface area contributed by atoms with Crippen molar-refractivity contribution in [3.8, 4) is 0 Å². The number of hydrogen-bond acceptors (Lipinski definition) is 2. The molecule has 1 saturated carbocycles. The van der Waals surface area contributed by atoms with Crippen molar-refractivity contribution in [3.05, 3.63) is 35.6 Å². The summed E-state index contributed by atoms with van der Waals surface area (Å²) in [6.45, 7) is 0.153. The van der Waals surface area contributed by atoms with E-state index in [9.17, 15) is 14.0 Å². The van der Waals surface area contributed by atoms with E-state index in [-0.39, 0.29) is 18.3 Å². The highest BCUT2D eigenvalue weighted by atomic mass is 19.1. The van der Waals surface area contributed by atoms with Crippen molar-refractivity contribution in [2.45, 2.75) is 25.4 Å². The lowest BCUT2D eigenvalue weighted by Crippen LogP contribution is -2.46. The summed E-state index contributed by atoms with van der Waals surface area (Å²) < 4.78 is 12.9. The topological polar surface area (TPSA) is 78.4 Å². The molecule has 5 nitrogen and oxygen atoms in total. The normalized spacial score (nSPS) is 15.6. The second-order valence-corrected chi connectivity index (χ2v) is 4.61. The van der Waals surface area contributed by atoms with Gasteiger partial charge in [0.1, 0.15) is 11.9 Å². The molecule has 0 aliphatic heterocycles. The van der Waals surface area contributed by atoms with Gasteiger partial charge in [-0.05, 0) is 36.5 Å². The quantitative estimate of drug-likeness (QED) is 0.755. The Morgan fingerprint density at radius 1 is 1.42 bits per heavy atom. The first-order valence-corrected chi connectivity index (χ1v) is 6.08. The maximum Gasteiger partial charge on any atom is 0.326 e. The molecule has 1 atom stereocenters. The van der Waals surface area contributed by atoms with Crippen LogP contribution in [0.5, 0.6) is 0 Å². The third-order valence-corrected chi connectivity index (χ3v) is 2.99. The van der Waals surface area contributed by atoms with Gasteiger partial charge in [0.25, 0.3) is 0 Å². The highest BCUT2D eigenvalue weighted by Crippen LogP contribution is 2.32. The molecule has 19 heavy (non-hydrogen) atoms. The number of benzene rings is 1. The molecule has 0 heterocycles. The largest absolute Gasteiger partial charge is 0.480 e. The summed E-state index contributed by atoms with van der Waals surface area (Å²) in [4.78, 5) is 22.5. The fraction of sp³-hybridized carbons (Fsp3) is 0.385. The van der Waals surface area contributed by atoms with Crippen molar-refractivity contribution < 1.29 is 19.1 Å². The molecule has 0 saturated heterocycles. The second-order valence-electron chi connectivity index (χ2n) is 4.61. The van der Waals surface area contributed by atoms with Gasteiger partial charge in [0.2, 0.25) is 0 Å². The van der Waals surface area contributed by atoms with E-state index in [1.807, 2.05) is 0 Å². The van der Waals surface area contributed by atoms with E-state index in [0.29, 0.717) is 5.56 Å². The minimum absolute atomic E-state index is 0.0254. The smallest absolute Gasteiger partial charge is 0.326 e. The summed E-state index contributed by atoms with van der Waals surface area (Å²) in [6, 6.07) is 4.47. The summed E-state index contributed by atoms with van der Waals surface area (Å²) >= 11 is 0. The van der Waals surface area contributed by atoms with Crippen LogP contribution in [0.4, 0.5) is 9.18 Å². The zero-order chi connectivity index (χ0) is 13.8. The van der Waals surface area contributed by atoms with Crippen molar-refractivity contribution in [2.75, 3.05) is 0 Å². The molecule has 2 rings (SSSR count). The molecule has 0 radical (unpaired) electrons. The van der Waals surface area contributed by atoms with Crippen LogP contribution >= 0.6 is 0 Å². The number of carbonyl (C=O) groups excluding carboxylic acids is 1. The minimum Gasteiger partial charge on any atom is -0.480 e. The SMILES string of the molecule is O=C(NCc1cccc(F)c1)NC(C(=O)O)C1CC1. The van der Waals surface area contributed by atoms with Crippen LogP contribution in [0.15, 0.2) is 24.3 Å². The Morgan fingerprint density at radius 2 is 2.16 bits per heavy atom. The Hall–Kier alpha value is -2.11. The molecule has 0 spiro atoms. The number of urea groups is 1. The first-order chi connectivity index (χ1) is 9.06. The van der Waals surface area contributed by atoms with E-state index in [1.165, 1.54) is 12.1 Å². The third-order valence-electron chi connectivity index (χ3n) is 2.99. The monoisotopic (exact) mass is 266 g/mol. The van der Waals surface area contributed by atoms with Gasteiger partial charge in [-0.15, -0.1) is 0 Å². The molecule has 6 heteroatoms. The Bertz CT molecular complexity index is 489. The molecule has 1 unspecified atom stereocenters. The van der Waals surface area contributed by atoms with Crippen molar-refractivity contribution in [2.24, 2.45) is 5.92 Å². The van der Waals surface area contributed by atoms with E-state index in [0.717, 1.165) is 12.8 Å². The average Bonchev–Trinajstić information content (AvgIpc) is 3.17. The number of hydrogen-bond donors (Lipinski definition) is 3. The van der Waals surface area contributed by atoms with E-state index < -0.39 is 18.0 Å². The van der Waals surface area contributed by atoms with E-state index in [2.05, 4.69) is 10.6 Å². The molecular formula is C13H15FN2O3. The first kappa shape index (κ1) is 13.3. The van der Waals surface area contributed by atoms with Crippen LogP contribution in [-0.4, -0.2) is 23.1 Å².